The number of hydrogen-bond donors (Lipinski definition) is 1. The van der Waals surface area contributed by atoms with Crippen molar-refractivity contribution in [1.82, 2.24) is 9.80 Å². The summed E-state index contributed by atoms with van der Waals surface area (Å²) in [5.41, 5.74) is 0. The second-order valence-electron chi connectivity index (χ2n) is 5.88. The molecule has 4 nitrogen and oxygen atoms in total. The van der Waals surface area contributed by atoms with E-state index in [-0.39, 0.29) is 5.92 Å². The Bertz CT molecular complexity index is 230. The summed E-state index contributed by atoms with van der Waals surface area (Å²) in [5, 5.41) is 8.99. The lowest BCUT2D eigenvalue weighted by Gasteiger charge is -2.25. The molecule has 0 aromatic rings. The van der Waals surface area contributed by atoms with Gasteiger partial charge in [-0.15, -0.1) is 0 Å². The van der Waals surface area contributed by atoms with Crippen molar-refractivity contribution in [1.29, 1.82) is 0 Å². The van der Waals surface area contributed by atoms with Crippen LogP contribution in [0.2, 0.25) is 0 Å². The van der Waals surface area contributed by atoms with Crippen LogP contribution in [0.15, 0.2) is 0 Å². The first kappa shape index (κ1) is 17.4. The van der Waals surface area contributed by atoms with E-state index >= 15 is 0 Å². The topological polar surface area (TPSA) is 43.8 Å². The molecule has 0 aliphatic carbocycles. The molecule has 0 spiro atoms. The molecule has 0 bridgehead atoms. The smallest absolute Gasteiger partial charge is 0.307 e. The first-order chi connectivity index (χ1) is 8.32. The summed E-state index contributed by atoms with van der Waals surface area (Å²) in [6, 6.07) is 0. The molecule has 0 rings (SSSR count). The first-order valence-corrected chi connectivity index (χ1v) is 6.92. The zero-order valence-electron chi connectivity index (χ0n) is 12.6. The summed E-state index contributed by atoms with van der Waals surface area (Å²) in [5.74, 6) is -0.310. The molecule has 4 heteroatoms. The maximum atomic E-state index is 10.9. The predicted octanol–water partition coefficient (Wildman–Crippen LogP) is 2.01. The van der Waals surface area contributed by atoms with Gasteiger partial charge in [-0.05, 0) is 52.5 Å². The molecule has 0 aromatic heterocycles. The third kappa shape index (κ3) is 9.42. The van der Waals surface area contributed by atoms with Crippen LogP contribution in [0.3, 0.4) is 0 Å². The minimum Gasteiger partial charge on any atom is -0.481 e. The van der Waals surface area contributed by atoms with Gasteiger partial charge in [0, 0.05) is 6.54 Å². The van der Waals surface area contributed by atoms with Crippen molar-refractivity contribution in [3.8, 4) is 0 Å². The predicted molar refractivity (Wildman–Crippen MR) is 75.9 cm³/mol. The summed E-state index contributed by atoms with van der Waals surface area (Å²) in [7, 11) is 4.14. The van der Waals surface area contributed by atoms with Crippen LogP contribution in [0.25, 0.3) is 0 Å². The van der Waals surface area contributed by atoms with E-state index in [1.54, 1.807) is 6.92 Å². The molecule has 1 N–H and O–H groups in total. The van der Waals surface area contributed by atoms with Crippen molar-refractivity contribution < 1.29 is 9.90 Å². The Morgan fingerprint density at radius 2 is 1.72 bits per heavy atom. The lowest BCUT2D eigenvalue weighted by atomic mass is 10.1. The second kappa shape index (κ2) is 9.34. The molecule has 0 heterocycles. The van der Waals surface area contributed by atoms with Gasteiger partial charge in [0.2, 0.25) is 0 Å². The maximum Gasteiger partial charge on any atom is 0.307 e. The van der Waals surface area contributed by atoms with Crippen LogP contribution in [-0.4, -0.2) is 61.2 Å². The Morgan fingerprint density at radius 1 is 1.11 bits per heavy atom. The van der Waals surface area contributed by atoms with E-state index in [4.69, 9.17) is 5.11 Å². The van der Waals surface area contributed by atoms with E-state index in [0.29, 0.717) is 12.5 Å². The van der Waals surface area contributed by atoms with Gasteiger partial charge in [0.1, 0.15) is 0 Å². The van der Waals surface area contributed by atoms with Gasteiger partial charge in [0.25, 0.3) is 0 Å². The van der Waals surface area contributed by atoms with Crippen LogP contribution in [-0.2, 0) is 4.79 Å². The molecular weight excluding hydrogens is 228 g/mol. The molecule has 0 aromatic carbocycles. The van der Waals surface area contributed by atoms with E-state index in [9.17, 15) is 4.79 Å². The Balaban J connectivity index is 4.11. The summed E-state index contributed by atoms with van der Waals surface area (Å²) in [4.78, 5) is 15.4. The highest BCUT2D eigenvalue weighted by Gasteiger charge is 2.16. The highest BCUT2D eigenvalue weighted by molar-refractivity contribution is 5.69. The van der Waals surface area contributed by atoms with Crippen LogP contribution in [0, 0.1) is 11.8 Å². The van der Waals surface area contributed by atoms with Gasteiger partial charge in [-0.1, -0.05) is 20.8 Å². The van der Waals surface area contributed by atoms with Crippen LogP contribution >= 0.6 is 0 Å². The number of nitrogens with zero attached hydrogens (tertiary/aromatic N) is 2. The Labute approximate surface area is 112 Å². The molecule has 0 aliphatic heterocycles. The van der Waals surface area contributed by atoms with Crippen molar-refractivity contribution in [2.24, 2.45) is 11.8 Å². The van der Waals surface area contributed by atoms with Crippen LogP contribution in [0.5, 0.6) is 0 Å². The standard InChI is InChI=1S/C14H30N2O2/c1-12(2)7-10-16(9-6-8-15(4)5)11-13(3)14(17)18/h12-13H,6-11H2,1-5H3,(H,17,18). The number of hydrogen-bond acceptors (Lipinski definition) is 3. The van der Waals surface area contributed by atoms with Gasteiger partial charge < -0.3 is 14.9 Å². The highest BCUT2D eigenvalue weighted by atomic mass is 16.4. The Kier molecular flexibility index (Phi) is 9.02. The van der Waals surface area contributed by atoms with Gasteiger partial charge in [-0.3, -0.25) is 4.79 Å². The number of carboxylic acids is 1. The van der Waals surface area contributed by atoms with Crippen LogP contribution < -0.4 is 0 Å². The van der Waals surface area contributed by atoms with E-state index in [0.717, 1.165) is 32.5 Å². The number of aliphatic carboxylic acids is 1. The number of carboxylic acid groups (broad SMARTS) is 1. The fraction of sp³-hybridized carbons (Fsp3) is 0.929. The van der Waals surface area contributed by atoms with Crippen molar-refractivity contribution in [2.45, 2.75) is 33.6 Å². The summed E-state index contributed by atoms with van der Waals surface area (Å²) >= 11 is 0. The molecule has 0 saturated carbocycles. The third-order valence-electron chi connectivity index (χ3n) is 3.06. The third-order valence-corrected chi connectivity index (χ3v) is 3.06. The normalized spacial score (nSPS) is 13.6. The van der Waals surface area contributed by atoms with Gasteiger partial charge in [0.05, 0.1) is 5.92 Å². The Morgan fingerprint density at radius 3 is 2.17 bits per heavy atom. The largest absolute Gasteiger partial charge is 0.481 e. The summed E-state index contributed by atoms with van der Waals surface area (Å²) in [6.07, 6.45) is 2.23. The van der Waals surface area contributed by atoms with E-state index in [1.807, 2.05) is 0 Å². The van der Waals surface area contributed by atoms with Crippen molar-refractivity contribution in [2.75, 3.05) is 40.3 Å². The van der Waals surface area contributed by atoms with Gasteiger partial charge >= 0.3 is 5.97 Å². The monoisotopic (exact) mass is 258 g/mol. The molecule has 18 heavy (non-hydrogen) atoms. The molecule has 0 saturated heterocycles. The van der Waals surface area contributed by atoms with Gasteiger partial charge in [-0.25, -0.2) is 0 Å². The lowest BCUT2D eigenvalue weighted by Crippen LogP contribution is -2.35. The molecule has 0 fully saturated rings. The minimum absolute atomic E-state index is 0.281. The Hall–Kier alpha value is -0.610. The van der Waals surface area contributed by atoms with E-state index in [1.165, 1.54) is 0 Å². The molecule has 1 unspecified atom stereocenters. The molecule has 108 valence electrons. The quantitative estimate of drug-likeness (QED) is 0.651. The second-order valence-corrected chi connectivity index (χ2v) is 5.88. The minimum atomic E-state index is -0.697. The van der Waals surface area contributed by atoms with Crippen molar-refractivity contribution in [3.05, 3.63) is 0 Å². The zero-order chi connectivity index (χ0) is 14.1. The van der Waals surface area contributed by atoms with Gasteiger partial charge in [-0.2, -0.15) is 0 Å². The van der Waals surface area contributed by atoms with E-state index in [2.05, 4.69) is 37.7 Å². The lowest BCUT2D eigenvalue weighted by molar-refractivity contribution is -0.141. The SMILES string of the molecule is CC(C)CCN(CCCN(C)C)CC(C)C(=O)O. The molecule has 0 amide bonds. The molecule has 1 atom stereocenters. The van der Waals surface area contributed by atoms with Crippen LogP contribution in [0.4, 0.5) is 0 Å². The highest BCUT2D eigenvalue weighted by Crippen LogP contribution is 2.07. The molecule has 0 radical (unpaired) electrons. The van der Waals surface area contributed by atoms with Gasteiger partial charge in [0.15, 0.2) is 0 Å². The number of rotatable bonds is 10. The van der Waals surface area contributed by atoms with Crippen molar-refractivity contribution >= 4 is 5.97 Å². The maximum absolute atomic E-state index is 10.9. The number of carbonyl (C=O) groups is 1. The molecule has 0 aliphatic rings. The zero-order valence-corrected chi connectivity index (χ0v) is 12.6. The summed E-state index contributed by atoms with van der Waals surface area (Å²) in [6.45, 7) is 9.91. The fourth-order valence-corrected chi connectivity index (χ4v) is 1.81. The average Bonchev–Trinajstić information content (AvgIpc) is 2.24. The fourth-order valence-electron chi connectivity index (χ4n) is 1.81. The summed E-state index contributed by atoms with van der Waals surface area (Å²) < 4.78 is 0. The average molecular weight is 258 g/mol. The first-order valence-electron chi connectivity index (χ1n) is 6.92. The van der Waals surface area contributed by atoms with E-state index < -0.39 is 5.97 Å². The van der Waals surface area contributed by atoms with Crippen LogP contribution in [0.1, 0.15) is 33.6 Å². The molecular formula is C14H30N2O2. The van der Waals surface area contributed by atoms with Crippen molar-refractivity contribution in [3.63, 3.8) is 0 Å².